The molecule has 4 heterocycles. The van der Waals surface area contributed by atoms with Gasteiger partial charge in [-0.3, -0.25) is 28.9 Å². The molecule has 6 atom stereocenters. The minimum Gasteiger partial charge on any atom is -0.491 e. The molecular weight excluding hydrogens is 843 g/mol. The maximum atomic E-state index is 15.6. The Morgan fingerprint density at radius 1 is 0.848 bits per heavy atom. The average molecular weight is 888 g/mol. The predicted molar refractivity (Wildman–Crippen MR) is 239 cm³/mol. The van der Waals surface area contributed by atoms with Crippen molar-refractivity contribution in [3.05, 3.63) is 161 Å². The number of aliphatic hydroxyl groups excluding tert-OH is 1. The molecule has 0 unspecified atom stereocenters. The number of ether oxygens (including phenoxy) is 4. The van der Waals surface area contributed by atoms with Crippen molar-refractivity contribution in [2.75, 3.05) is 32.8 Å². The van der Waals surface area contributed by atoms with E-state index in [1.165, 1.54) is 14.2 Å². The topological polar surface area (TPSA) is 198 Å². The third-order valence-electron chi connectivity index (χ3n) is 12.5. The molecule has 3 aliphatic rings. The first-order chi connectivity index (χ1) is 32.2. The van der Waals surface area contributed by atoms with Crippen LogP contribution in [-0.4, -0.2) is 83.2 Å². The van der Waals surface area contributed by atoms with Crippen molar-refractivity contribution < 1.29 is 48.0 Å². The third kappa shape index (κ3) is 7.69. The molecule has 4 N–H and O–H groups in total. The van der Waals surface area contributed by atoms with Crippen molar-refractivity contribution in [2.45, 2.75) is 42.6 Å². The molecule has 334 valence electrons. The average Bonchev–Trinajstić information content (AvgIpc) is 4.01. The molecule has 2 fully saturated rings. The van der Waals surface area contributed by atoms with Crippen molar-refractivity contribution in [2.24, 2.45) is 11.8 Å². The van der Waals surface area contributed by atoms with Gasteiger partial charge < -0.3 is 39.7 Å². The molecule has 0 radical (unpaired) electrons. The second-order valence-electron chi connectivity index (χ2n) is 16.1. The lowest BCUT2D eigenvalue weighted by Crippen LogP contribution is -2.54. The second-order valence-corrected chi connectivity index (χ2v) is 16.1. The highest BCUT2D eigenvalue weighted by Crippen LogP contribution is 2.65. The van der Waals surface area contributed by atoms with E-state index in [0.717, 1.165) is 11.1 Å². The maximum Gasteiger partial charge on any atom is 0.324 e. The van der Waals surface area contributed by atoms with Gasteiger partial charge >= 0.3 is 17.9 Å². The Bertz CT molecular complexity index is 2840. The number of nitrogens with one attached hydrogen (secondary N) is 3. The Labute approximate surface area is 379 Å². The summed E-state index contributed by atoms with van der Waals surface area (Å²) < 4.78 is 22.1. The number of hydrogen-bond donors (Lipinski definition) is 4. The van der Waals surface area contributed by atoms with Crippen LogP contribution in [-0.2, 0) is 50.1 Å². The van der Waals surface area contributed by atoms with E-state index in [1.54, 1.807) is 36.4 Å². The van der Waals surface area contributed by atoms with Crippen LogP contribution in [0.2, 0.25) is 0 Å². The Morgan fingerprint density at radius 2 is 1.55 bits per heavy atom. The first kappa shape index (κ1) is 43.5. The van der Waals surface area contributed by atoms with Crippen LogP contribution < -0.4 is 15.4 Å². The van der Waals surface area contributed by atoms with Gasteiger partial charge in [-0.25, -0.2) is 4.98 Å². The molecule has 2 saturated heterocycles. The predicted octanol–water partition coefficient (Wildman–Crippen LogP) is 5.23. The van der Waals surface area contributed by atoms with Crippen LogP contribution in [0.5, 0.6) is 5.75 Å². The van der Waals surface area contributed by atoms with Gasteiger partial charge in [-0.1, -0.05) is 96.8 Å². The largest absolute Gasteiger partial charge is 0.491 e. The summed E-state index contributed by atoms with van der Waals surface area (Å²) in [7, 11) is 2.33. The monoisotopic (exact) mass is 887 g/mol. The second kappa shape index (κ2) is 18.4. The zero-order valence-electron chi connectivity index (χ0n) is 35.9. The van der Waals surface area contributed by atoms with Crippen LogP contribution >= 0.6 is 0 Å². The normalized spacial score (nSPS) is 21.8. The summed E-state index contributed by atoms with van der Waals surface area (Å²) in [5.74, 6) is 0.602. The van der Waals surface area contributed by atoms with E-state index < -0.39 is 71.2 Å². The lowest BCUT2D eigenvalue weighted by Gasteiger charge is -2.46. The highest BCUT2D eigenvalue weighted by atomic mass is 16.6. The molecule has 0 saturated carbocycles. The number of H-pyrrole nitrogens is 1. The van der Waals surface area contributed by atoms with Gasteiger partial charge in [0.25, 0.3) is 0 Å². The van der Waals surface area contributed by atoms with Crippen LogP contribution in [0.25, 0.3) is 11.0 Å². The molecule has 9 rings (SSSR count). The zero-order valence-corrected chi connectivity index (χ0v) is 35.9. The number of hydrogen-bond acceptors (Lipinski definition) is 12. The van der Waals surface area contributed by atoms with E-state index in [0.29, 0.717) is 45.0 Å². The van der Waals surface area contributed by atoms with Gasteiger partial charge in [-0.15, -0.1) is 0 Å². The summed E-state index contributed by atoms with van der Waals surface area (Å²) >= 11 is 0. The number of carbonyl (C=O) groups excluding carboxylic acids is 5. The smallest absolute Gasteiger partial charge is 0.324 e. The Balaban J connectivity index is 1.27. The molecule has 15 nitrogen and oxygen atoms in total. The summed E-state index contributed by atoms with van der Waals surface area (Å²) in [6, 6.07) is 35.3. The lowest BCUT2D eigenvalue weighted by molar-refractivity contribution is -0.178. The lowest BCUT2D eigenvalue weighted by atomic mass is 9.65. The fraction of sp³-hybridized carbons (Fsp3) is 0.255. The van der Waals surface area contributed by atoms with Gasteiger partial charge in [0.05, 0.1) is 56.4 Å². The number of anilines is 1. The quantitative estimate of drug-likeness (QED) is 0.0542. The highest BCUT2D eigenvalue weighted by Gasteiger charge is 2.74. The molecular formula is C51H45N5O10. The van der Waals surface area contributed by atoms with Crippen molar-refractivity contribution in [1.29, 1.82) is 0 Å². The molecule has 15 heteroatoms. The first-order valence-electron chi connectivity index (χ1n) is 21.4. The number of esters is 3. The van der Waals surface area contributed by atoms with Gasteiger partial charge in [0.1, 0.15) is 35.7 Å². The van der Waals surface area contributed by atoms with E-state index in [9.17, 15) is 14.7 Å². The third-order valence-corrected chi connectivity index (χ3v) is 12.5. The number of nitrogens with zero attached hydrogens (tertiary/aromatic N) is 2. The molecule has 5 aromatic carbocycles. The number of imidazole rings is 1. The summed E-state index contributed by atoms with van der Waals surface area (Å²) in [5, 5.41) is 15.8. The number of aromatic amines is 1. The maximum absolute atomic E-state index is 15.6. The van der Waals surface area contributed by atoms with E-state index in [-0.39, 0.29) is 26.2 Å². The minimum absolute atomic E-state index is 0.00830. The number of aliphatic hydroxyl groups is 1. The molecule has 1 spiro atoms. The number of carbonyl (C=O) groups is 5. The number of amides is 2. The Kier molecular flexibility index (Phi) is 12.1. The number of aromatic nitrogens is 2. The van der Waals surface area contributed by atoms with Crippen molar-refractivity contribution in [1.82, 2.24) is 20.2 Å². The number of fused-ring (bicyclic) bond motifs is 4. The molecule has 0 aliphatic carbocycles. The minimum atomic E-state index is -1.86. The number of methoxy groups -OCH3 is 2. The van der Waals surface area contributed by atoms with Gasteiger partial charge in [0.2, 0.25) is 11.8 Å². The Morgan fingerprint density at radius 3 is 2.26 bits per heavy atom. The number of rotatable bonds is 12. The first-order valence-corrected chi connectivity index (χ1v) is 21.4. The van der Waals surface area contributed by atoms with Gasteiger partial charge in [-0.05, 0) is 64.7 Å². The van der Waals surface area contributed by atoms with E-state index in [1.807, 2.05) is 95.9 Å². The van der Waals surface area contributed by atoms with Gasteiger partial charge in [0.15, 0.2) is 5.92 Å². The van der Waals surface area contributed by atoms with Gasteiger partial charge in [0, 0.05) is 17.7 Å². The molecule has 0 bridgehead atoms. The summed E-state index contributed by atoms with van der Waals surface area (Å²) in [6.07, 6.45) is -1.11. The summed E-state index contributed by atoms with van der Waals surface area (Å²) in [4.78, 5) is 81.2. The van der Waals surface area contributed by atoms with Crippen LogP contribution in [0, 0.1) is 23.7 Å². The molecule has 6 aromatic rings. The van der Waals surface area contributed by atoms with E-state index in [2.05, 4.69) is 32.4 Å². The standard InChI is InChI=1S/C51H45N5O10/c1-63-47(59)35(48(60)64-2)20-11-13-30-23-24-37-36(27-30)51(50(62)55-37)41(46(58)52-29-40-53-38-21-9-10-22-39(38)54-40)43-49(61)66-44(32-16-7-4-8-17-32)42(31-14-5-3-6-15-31)56(43)45(51)33-18-12-19-34(28-33)65-26-25-57/h3-10,12,14-19,21-24,27-28,35,41-45,57H,20,25-26,29H2,1-2H3,(H,52,58)(H,53,54)(H,55,62)/t41-,42-,43-,44+,45+,51-/m1/s1. The molecule has 1 aromatic heterocycles. The highest BCUT2D eigenvalue weighted by molar-refractivity contribution is 6.12. The van der Waals surface area contributed by atoms with Crippen LogP contribution in [0.1, 0.15) is 58.3 Å². The number of cyclic esters (lactones) is 1. The molecule has 2 amide bonds. The van der Waals surface area contributed by atoms with E-state index >= 15 is 14.4 Å². The van der Waals surface area contributed by atoms with Crippen molar-refractivity contribution in [3.8, 4) is 17.6 Å². The fourth-order valence-corrected chi connectivity index (χ4v) is 9.78. The number of para-hydroxylation sites is 2. The van der Waals surface area contributed by atoms with Crippen LogP contribution in [0.3, 0.4) is 0 Å². The number of benzene rings is 5. The number of morpholine rings is 1. The van der Waals surface area contributed by atoms with Crippen molar-refractivity contribution >= 4 is 46.4 Å². The summed E-state index contributed by atoms with van der Waals surface area (Å²) in [6.45, 7) is -0.321. The van der Waals surface area contributed by atoms with Crippen LogP contribution in [0.4, 0.5) is 5.69 Å². The SMILES string of the molecule is COC(=O)C(CC#Cc1ccc2c(c1)[C@]1(C(=O)N2)[C@H](c2cccc(OCCO)c2)N2[C@H](c3ccccc3)[C@H](c3ccccc3)OC(=O)[C@H]2[C@@H]1C(=O)NCc1nc2ccccc2[nH]1)C(=O)OC. The summed E-state index contributed by atoms with van der Waals surface area (Å²) in [5.41, 5.74) is 2.80. The van der Waals surface area contributed by atoms with Gasteiger partial charge in [-0.2, -0.15) is 0 Å². The van der Waals surface area contributed by atoms with E-state index in [4.69, 9.17) is 18.9 Å². The molecule has 66 heavy (non-hydrogen) atoms. The van der Waals surface area contributed by atoms with Crippen LogP contribution in [0.15, 0.2) is 127 Å². The Hall–Kier alpha value is -7.80. The fourth-order valence-electron chi connectivity index (χ4n) is 9.78. The zero-order chi connectivity index (χ0) is 46.0. The molecule has 3 aliphatic heterocycles. The van der Waals surface area contributed by atoms with Crippen molar-refractivity contribution in [3.63, 3.8) is 0 Å².